The molecule has 2 N–H and O–H groups in total. The zero-order valence-electron chi connectivity index (χ0n) is 10.1. The van der Waals surface area contributed by atoms with Crippen molar-refractivity contribution in [3.8, 4) is 11.4 Å². The van der Waals surface area contributed by atoms with Crippen LogP contribution < -0.4 is 5.14 Å². The van der Waals surface area contributed by atoms with E-state index in [9.17, 15) is 8.42 Å². The molecular weight excluding hydrogens is 415 g/mol. The Morgan fingerprint density at radius 3 is 2.65 bits per heavy atom. The van der Waals surface area contributed by atoms with Crippen LogP contribution >= 0.6 is 34.2 Å². The smallest absolute Gasteiger partial charge is 0.273 e. The van der Waals surface area contributed by atoms with Crippen LogP contribution in [0.2, 0.25) is 5.02 Å². The maximum atomic E-state index is 11.6. The highest BCUT2D eigenvalue weighted by Gasteiger charge is 2.34. The molecule has 1 aliphatic rings. The Hall–Kier alpha value is -0.710. The van der Waals surface area contributed by atoms with Crippen LogP contribution in [0, 0.1) is 3.57 Å². The van der Waals surface area contributed by atoms with Crippen LogP contribution in [0.4, 0.5) is 0 Å². The molecule has 1 heterocycles. The number of nitrogens with zero attached hydrogens (tertiary/aromatic N) is 3. The lowest BCUT2D eigenvalue weighted by Crippen LogP contribution is -2.18. The predicted molar refractivity (Wildman–Crippen MR) is 82.8 cm³/mol. The molecule has 0 atom stereocenters. The van der Waals surface area contributed by atoms with Crippen molar-refractivity contribution in [2.75, 3.05) is 0 Å². The summed E-state index contributed by atoms with van der Waals surface area (Å²) in [5, 5.41) is 13.3. The first kappa shape index (κ1) is 14.2. The molecule has 0 spiro atoms. The summed E-state index contributed by atoms with van der Waals surface area (Å²) >= 11 is 8.16. The van der Waals surface area contributed by atoms with Crippen LogP contribution in [0.1, 0.15) is 18.9 Å². The molecule has 3 rings (SSSR count). The second-order valence-electron chi connectivity index (χ2n) is 4.58. The molecule has 20 heavy (non-hydrogen) atoms. The highest BCUT2D eigenvalue weighted by molar-refractivity contribution is 14.1. The average molecular weight is 425 g/mol. The van der Waals surface area contributed by atoms with Crippen LogP contribution in [0.5, 0.6) is 0 Å². The molecule has 0 amide bonds. The fourth-order valence-corrected chi connectivity index (χ4v) is 3.40. The van der Waals surface area contributed by atoms with E-state index in [4.69, 9.17) is 16.7 Å². The van der Waals surface area contributed by atoms with Gasteiger partial charge in [0.05, 0.1) is 0 Å². The van der Waals surface area contributed by atoms with Crippen molar-refractivity contribution in [3.63, 3.8) is 0 Å². The number of aromatic nitrogens is 3. The molecular formula is C11H10ClIN4O2S. The Bertz CT molecular complexity index is 786. The van der Waals surface area contributed by atoms with Gasteiger partial charge < -0.3 is 0 Å². The van der Waals surface area contributed by atoms with Crippen molar-refractivity contribution >= 4 is 44.2 Å². The Balaban J connectivity index is 2.25. The van der Waals surface area contributed by atoms with E-state index < -0.39 is 10.0 Å². The maximum Gasteiger partial charge on any atom is 0.273 e. The topological polar surface area (TPSA) is 90.9 Å². The van der Waals surface area contributed by atoms with E-state index in [0.717, 1.165) is 22.0 Å². The summed E-state index contributed by atoms with van der Waals surface area (Å²) in [7, 11) is -3.89. The first-order chi connectivity index (χ1) is 9.38. The summed E-state index contributed by atoms with van der Waals surface area (Å²) in [6, 6.07) is 5.45. The van der Waals surface area contributed by atoms with Gasteiger partial charge in [-0.15, -0.1) is 10.2 Å². The van der Waals surface area contributed by atoms with Gasteiger partial charge in [-0.25, -0.2) is 13.6 Å². The Morgan fingerprint density at radius 1 is 1.35 bits per heavy atom. The van der Waals surface area contributed by atoms with Crippen molar-refractivity contribution in [1.82, 2.24) is 14.8 Å². The Morgan fingerprint density at radius 2 is 2.05 bits per heavy atom. The van der Waals surface area contributed by atoms with Crippen LogP contribution in [-0.4, -0.2) is 23.2 Å². The zero-order chi connectivity index (χ0) is 14.5. The first-order valence-corrected chi connectivity index (χ1v) is 8.81. The fourth-order valence-electron chi connectivity index (χ4n) is 1.99. The Kier molecular flexibility index (Phi) is 3.51. The lowest BCUT2D eigenvalue weighted by molar-refractivity contribution is 0.567. The molecule has 0 unspecified atom stereocenters. The number of rotatable bonds is 3. The molecule has 106 valence electrons. The molecule has 6 nitrogen and oxygen atoms in total. The van der Waals surface area contributed by atoms with Gasteiger partial charge in [0, 0.05) is 20.2 Å². The molecule has 1 aromatic carbocycles. The summed E-state index contributed by atoms with van der Waals surface area (Å²) in [5.74, 6) is 0.489. The third-order valence-corrected chi connectivity index (χ3v) is 4.96. The average Bonchev–Trinajstić information content (AvgIpc) is 3.09. The highest BCUT2D eigenvalue weighted by atomic mass is 127. The summed E-state index contributed by atoms with van der Waals surface area (Å²) in [6.45, 7) is 0. The molecule has 1 aliphatic carbocycles. The van der Waals surface area contributed by atoms with Crippen LogP contribution in [0.15, 0.2) is 23.4 Å². The predicted octanol–water partition coefficient (Wildman–Crippen LogP) is 2.19. The Labute approximate surface area is 134 Å². The summed E-state index contributed by atoms with van der Waals surface area (Å²) in [4.78, 5) is 0. The lowest BCUT2D eigenvalue weighted by Gasteiger charge is -2.09. The van der Waals surface area contributed by atoms with Gasteiger partial charge in [0.25, 0.3) is 15.2 Å². The van der Waals surface area contributed by atoms with E-state index in [-0.39, 0.29) is 11.2 Å². The molecule has 2 aromatic rings. The summed E-state index contributed by atoms with van der Waals surface area (Å²) < 4.78 is 25.7. The molecule has 1 saturated carbocycles. The highest BCUT2D eigenvalue weighted by Crippen LogP contribution is 2.40. The van der Waals surface area contributed by atoms with Gasteiger partial charge in [-0.2, -0.15) is 0 Å². The molecule has 0 radical (unpaired) electrons. The fraction of sp³-hybridized carbons (Fsp3) is 0.273. The second-order valence-corrected chi connectivity index (χ2v) is 7.63. The van der Waals surface area contributed by atoms with Crippen molar-refractivity contribution in [2.24, 2.45) is 5.14 Å². The quantitative estimate of drug-likeness (QED) is 0.765. The number of nitrogens with two attached hydrogens (primary N) is 1. The minimum absolute atomic E-state index is 0.0862. The van der Waals surface area contributed by atoms with E-state index in [0.29, 0.717) is 10.8 Å². The van der Waals surface area contributed by atoms with Gasteiger partial charge in [-0.05, 0) is 53.6 Å². The van der Waals surface area contributed by atoms with E-state index >= 15 is 0 Å². The maximum absolute atomic E-state index is 11.6. The normalized spacial score (nSPS) is 15.6. The van der Waals surface area contributed by atoms with Gasteiger partial charge in [0.15, 0.2) is 5.82 Å². The number of halogens is 2. The second kappa shape index (κ2) is 4.93. The standard InChI is InChI=1S/C11H10ClIN4O2S/c12-6-1-4-9(13)8(5-6)10-15-16-11(20(14,18)19)17(10)7-2-3-7/h1,4-5,7H,2-3H2,(H2,14,18,19). The molecule has 9 heteroatoms. The number of hydrogen-bond donors (Lipinski definition) is 1. The molecule has 0 aliphatic heterocycles. The van der Waals surface area contributed by atoms with Crippen molar-refractivity contribution in [3.05, 3.63) is 26.8 Å². The molecule has 1 fully saturated rings. The minimum atomic E-state index is -3.89. The lowest BCUT2D eigenvalue weighted by atomic mass is 10.2. The number of primary sulfonamides is 1. The monoisotopic (exact) mass is 424 g/mol. The summed E-state index contributed by atoms with van der Waals surface area (Å²) in [5.41, 5.74) is 0.757. The van der Waals surface area contributed by atoms with E-state index in [2.05, 4.69) is 32.8 Å². The van der Waals surface area contributed by atoms with Crippen LogP contribution in [0.3, 0.4) is 0 Å². The van der Waals surface area contributed by atoms with Crippen LogP contribution in [0.25, 0.3) is 11.4 Å². The van der Waals surface area contributed by atoms with Gasteiger partial charge in [-0.1, -0.05) is 11.6 Å². The third-order valence-electron chi connectivity index (χ3n) is 3.00. The number of sulfonamides is 1. The summed E-state index contributed by atoms with van der Waals surface area (Å²) in [6.07, 6.45) is 1.79. The molecule has 0 saturated heterocycles. The van der Waals surface area contributed by atoms with E-state index in [1.54, 1.807) is 16.7 Å². The number of hydrogen-bond acceptors (Lipinski definition) is 4. The largest absolute Gasteiger partial charge is 0.294 e. The van der Waals surface area contributed by atoms with Gasteiger partial charge in [0.2, 0.25) is 0 Å². The zero-order valence-corrected chi connectivity index (χ0v) is 13.9. The van der Waals surface area contributed by atoms with Gasteiger partial charge >= 0.3 is 0 Å². The third kappa shape index (κ3) is 2.57. The van der Waals surface area contributed by atoms with E-state index in [1.165, 1.54) is 0 Å². The molecule has 1 aromatic heterocycles. The molecule has 0 bridgehead atoms. The first-order valence-electron chi connectivity index (χ1n) is 5.81. The number of benzene rings is 1. The van der Waals surface area contributed by atoms with E-state index in [1.807, 2.05) is 6.07 Å². The van der Waals surface area contributed by atoms with Gasteiger partial charge in [0.1, 0.15) is 0 Å². The van der Waals surface area contributed by atoms with Crippen molar-refractivity contribution in [2.45, 2.75) is 24.0 Å². The minimum Gasteiger partial charge on any atom is -0.294 e. The van der Waals surface area contributed by atoms with Crippen molar-refractivity contribution in [1.29, 1.82) is 0 Å². The SMILES string of the molecule is NS(=O)(=O)c1nnc(-c2cc(Cl)ccc2I)n1C1CC1. The van der Waals surface area contributed by atoms with Crippen molar-refractivity contribution < 1.29 is 8.42 Å². The van der Waals surface area contributed by atoms with Crippen LogP contribution in [-0.2, 0) is 10.0 Å². The van der Waals surface area contributed by atoms with Gasteiger partial charge in [-0.3, -0.25) is 4.57 Å².